The van der Waals surface area contributed by atoms with Gasteiger partial charge in [0.2, 0.25) is 0 Å². The summed E-state index contributed by atoms with van der Waals surface area (Å²) in [7, 11) is 0. The second-order valence-corrected chi connectivity index (χ2v) is 4.14. The quantitative estimate of drug-likeness (QED) is 0.781. The molecule has 0 saturated carbocycles. The van der Waals surface area contributed by atoms with Gasteiger partial charge in [0.05, 0.1) is 5.56 Å². The molecule has 0 radical (unpaired) electrons. The van der Waals surface area contributed by atoms with E-state index in [1.54, 1.807) is 0 Å². The van der Waals surface area contributed by atoms with Crippen molar-refractivity contribution in [3.05, 3.63) is 46.2 Å². The lowest BCUT2D eigenvalue weighted by Crippen LogP contribution is -2.24. The van der Waals surface area contributed by atoms with Crippen LogP contribution in [0.2, 0.25) is 0 Å². The molecule has 17 heavy (non-hydrogen) atoms. The lowest BCUT2D eigenvalue weighted by Gasteiger charge is -2.16. The molecule has 0 unspecified atom stereocenters. The number of anilines is 1. The highest BCUT2D eigenvalue weighted by molar-refractivity contribution is 5.58. The summed E-state index contributed by atoms with van der Waals surface area (Å²) in [6.45, 7) is 0.887. The normalized spacial score (nSPS) is 13.9. The average Bonchev–Trinajstić information content (AvgIpc) is 2.40. The highest BCUT2D eigenvalue weighted by atomic mass is 16.1. The van der Waals surface area contributed by atoms with Crippen molar-refractivity contribution in [1.82, 2.24) is 9.97 Å². The zero-order chi connectivity index (χ0) is 11.7. The first kappa shape index (κ1) is 10.1. The second-order valence-electron chi connectivity index (χ2n) is 4.14. The first-order valence-corrected chi connectivity index (χ1v) is 5.77. The molecule has 2 N–H and O–H groups in total. The SMILES string of the molecule is O=c1[nH]c(-c2ccccc2)nc2c1CCCN2. The van der Waals surface area contributed by atoms with Crippen molar-refractivity contribution < 1.29 is 0 Å². The standard InChI is InChI=1S/C13H13N3O/c17-13-10-7-4-8-14-12(10)15-11(16-13)9-5-2-1-3-6-9/h1-3,5-6H,4,7-8H2,(H2,14,15,16,17). The molecular weight excluding hydrogens is 214 g/mol. The van der Waals surface area contributed by atoms with Crippen molar-refractivity contribution in [2.45, 2.75) is 12.8 Å². The number of nitrogens with one attached hydrogen (secondary N) is 2. The summed E-state index contributed by atoms with van der Waals surface area (Å²) in [4.78, 5) is 19.2. The molecular formula is C13H13N3O. The van der Waals surface area contributed by atoms with Gasteiger partial charge in [-0.05, 0) is 12.8 Å². The topological polar surface area (TPSA) is 57.8 Å². The Hall–Kier alpha value is -2.10. The van der Waals surface area contributed by atoms with Gasteiger partial charge in [0.25, 0.3) is 5.56 Å². The summed E-state index contributed by atoms with van der Waals surface area (Å²) in [6.07, 6.45) is 1.79. The summed E-state index contributed by atoms with van der Waals surface area (Å²) < 4.78 is 0. The van der Waals surface area contributed by atoms with Crippen LogP contribution in [0.3, 0.4) is 0 Å². The molecule has 0 amide bonds. The van der Waals surface area contributed by atoms with Gasteiger partial charge >= 0.3 is 0 Å². The maximum absolute atomic E-state index is 11.9. The molecule has 0 spiro atoms. The van der Waals surface area contributed by atoms with Crippen LogP contribution in [0.1, 0.15) is 12.0 Å². The van der Waals surface area contributed by atoms with Gasteiger partial charge < -0.3 is 10.3 Å². The molecule has 2 aromatic rings. The largest absolute Gasteiger partial charge is 0.370 e. The lowest BCUT2D eigenvalue weighted by molar-refractivity contribution is 0.800. The smallest absolute Gasteiger partial charge is 0.256 e. The van der Waals surface area contributed by atoms with Gasteiger partial charge in [0, 0.05) is 12.1 Å². The maximum atomic E-state index is 11.9. The highest BCUT2D eigenvalue weighted by Gasteiger charge is 2.15. The number of nitrogens with zero attached hydrogens (tertiary/aromatic N) is 1. The number of H-pyrrole nitrogens is 1. The fraction of sp³-hybridized carbons (Fsp3) is 0.231. The molecule has 3 rings (SSSR count). The van der Waals surface area contributed by atoms with E-state index in [4.69, 9.17) is 0 Å². The van der Waals surface area contributed by atoms with Crippen LogP contribution in [0.5, 0.6) is 0 Å². The molecule has 0 atom stereocenters. The Bertz CT molecular complexity index is 589. The third-order valence-corrected chi connectivity index (χ3v) is 2.96. The number of aromatic amines is 1. The minimum Gasteiger partial charge on any atom is -0.370 e. The van der Waals surface area contributed by atoms with Crippen LogP contribution >= 0.6 is 0 Å². The van der Waals surface area contributed by atoms with Gasteiger partial charge in [-0.3, -0.25) is 4.79 Å². The number of hydrogen-bond donors (Lipinski definition) is 2. The van der Waals surface area contributed by atoms with Crippen LogP contribution in [0.4, 0.5) is 5.82 Å². The van der Waals surface area contributed by atoms with E-state index in [1.807, 2.05) is 30.3 Å². The van der Waals surface area contributed by atoms with E-state index < -0.39 is 0 Å². The third-order valence-electron chi connectivity index (χ3n) is 2.96. The molecule has 4 heteroatoms. The van der Waals surface area contributed by atoms with E-state index in [0.29, 0.717) is 5.82 Å². The number of fused-ring (bicyclic) bond motifs is 1. The summed E-state index contributed by atoms with van der Waals surface area (Å²) in [6, 6.07) is 9.68. The maximum Gasteiger partial charge on any atom is 0.256 e. The number of rotatable bonds is 1. The molecule has 1 aromatic carbocycles. The summed E-state index contributed by atoms with van der Waals surface area (Å²) in [5.74, 6) is 1.36. The zero-order valence-corrected chi connectivity index (χ0v) is 9.36. The van der Waals surface area contributed by atoms with Gasteiger partial charge in [0.1, 0.15) is 11.6 Å². The third kappa shape index (κ3) is 1.82. The molecule has 0 saturated heterocycles. The summed E-state index contributed by atoms with van der Waals surface area (Å²) >= 11 is 0. The minimum absolute atomic E-state index is 0.0268. The Kier molecular flexibility index (Phi) is 2.40. The molecule has 0 aliphatic carbocycles. The molecule has 1 aliphatic rings. The lowest BCUT2D eigenvalue weighted by atomic mass is 10.1. The molecule has 4 nitrogen and oxygen atoms in total. The van der Waals surface area contributed by atoms with Crippen LogP contribution in [-0.4, -0.2) is 16.5 Å². The van der Waals surface area contributed by atoms with Crippen LogP contribution in [0, 0.1) is 0 Å². The molecule has 1 aliphatic heterocycles. The van der Waals surface area contributed by atoms with Crippen molar-refractivity contribution in [1.29, 1.82) is 0 Å². The minimum atomic E-state index is -0.0268. The van der Waals surface area contributed by atoms with Crippen molar-refractivity contribution in [3.63, 3.8) is 0 Å². The van der Waals surface area contributed by atoms with Crippen molar-refractivity contribution >= 4 is 5.82 Å². The number of benzene rings is 1. The Morgan fingerprint density at radius 1 is 1.18 bits per heavy atom. The first-order chi connectivity index (χ1) is 8.34. The van der Waals surface area contributed by atoms with E-state index in [1.165, 1.54) is 0 Å². The predicted octanol–water partition coefficient (Wildman–Crippen LogP) is 1.79. The fourth-order valence-electron chi connectivity index (χ4n) is 2.08. The van der Waals surface area contributed by atoms with Gasteiger partial charge in [-0.2, -0.15) is 0 Å². The Balaban J connectivity index is 2.14. The highest BCUT2D eigenvalue weighted by Crippen LogP contribution is 2.19. The second kappa shape index (κ2) is 4.05. The number of hydrogen-bond acceptors (Lipinski definition) is 3. The predicted molar refractivity (Wildman–Crippen MR) is 67.1 cm³/mol. The molecule has 0 fully saturated rings. The van der Waals surface area contributed by atoms with E-state index in [0.717, 1.165) is 36.3 Å². The van der Waals surface area contributed by atoms with Crippen molar-refractivity contribution in [2.24, 2.45) is 0 Å². The zero-order valence-electron chi connectivity index (χ0n) is 9.36. The van der Waals surface area contributed by atoms with E-state index in [-0.39, 0.29) is 5.56 Å². The summed E-state index contributed by atoms with van der Waals surface area (Å²) in [5, 5.41) is 3.18. The summed E-state index contributed by atoms with van der Waals surface area (Å²) in [5.41, 5.74) is 1.68. The van der Waals surface area contributed by atoms with E-state index in [2.05, 4.69) is 15.3 Å². The molecule has 1 aromatic heterocycles. The van der Waals surface area contributed by atoms with Gasteiger partial charge in [-0.1, -0.05) is 30.3 Å². The van der Waals surface area contributed by atoms with Crippen LogP contribution in [-0.2, 0) is 6.42 Å². The Morgan fingerprint density at radius 2 is 2.00 bits per heavy atom. The van der Waals surface area contributed by atoms with Crippen LogP contribution in [0.15, 0.2) is 35.1 Å². The van der Waals surface area contributed by atoms with E-state index >= 15 is 0 Å². The Morgan fingerprint density at radius 3 is 2.82 bits per heavy atom. The van der Waals surface area contributed by atoms with Gasteiger partial charge in [-0.15, -0.1) is 0 Å². The van der Waals surface area contributed by atoms with Gasteiger partial charge in [0.15, 0.2) is 0 Å². The molecule has 2 heterocycles. The number of aromatic nitrogens is 2. The Labute approximate surface area is 98.7 Å². The fourth-order valence-corrected chi connectivity index (χ4v) is 2.08. The first-order valence-electron chi connectivity index (χ1n) is 5.77. The van der Waals surface area contributed by atoms with Crippen LogP contribution in [0.25, 0.3) is 11.4 Å². The van der Waals surface area contributed by atoms with Gasteiger partial charge in [-0.25, -0.2) is 4.98 Å². The van der Waals surface area contributed by atoms with Crippen LogP contribution < -0.4 is 10.9 Å². The van der Waals surface area contributed by atoms with Crippen molar-refractivity contribution in [3.8, 4) is 11.4 Å². The molecule has 0 bridgehead atoms. The average molecular weight is 227 g/mol. The molecule has 86 valence electrons. The van der Waals surface area contributed by atoms with E-state index in [9.17, 15) is 4.79 Å². The monoisotopic (exact) mass is 227 g/mol. The van der Waals surface area contributed by atoms with Crippen molar-refractivity contribution in [2.75, 3.05) is 11.9 Å².